The monoisotopic (exact) mass is 194 g/mol. The van der Waals surface area contributed by atoms with E-state index in [0.717, 1.165) is 18.6 Å². The van der Waals surface area contributed by atoms with Gasteiger partial charge in [-0.3, -0.25) is 9.18 Å². The lowest BCUT2D eigenvalue weighted by Crippen LogP contribution is -2.11. The molecule has 0 aromatic carbocycles. The highest BCUT2D eigenvalue weighted by Crippen LogP contribution is 2.13. The van der Waals surface area contributed by atoms with Gasteiger partial charge in [-0.15, -0.1) is 11.8 Å². The molecule has 2 nitrogen and oxygen atoms in total. The SMILES string of the molecule is CC(SCCCCCF)C(=O)O. The van der Waals surface area contributed by atoms with Crippen molar-refractivity contribution in [2.45, 2.75) is 31.4 Å². The van der Waals surface area contributed by atoms with Crippen molar-refractivity contribution in [3.63, 3.8) is 0 Å². The van der Waals surface area contributed by atoms with Crippen LogP contribution in [0.4, 0.5) is 4.39 Å². The van der Waals surface area contributed by atoms with Gasteiger partial charge in [0.2, 0.25) is 0 Å². The molecule has 12 heavy (non-hydrogen) atoms. The van der Waals surface area contributed by atoms with Gasteiger partial charge < -0.3 is 5.11 Å². The van der Waals surface area contributed by atoms with Crippen molar-refractivity contribution in [3.05, 3.63) is 0 Å². The van der Waals surface area contributed by atoms with Gasteiger partial charge in [-0.1, -0.05) is 6.42 Å². The number of carboxylic acid groups (broad SMARTS) is 1. The maximum Gasteiger partial charge on any atom is 0.316 e. The number of carboxylic acids is 1. The Morgan fingerprint density at radius 1 is 1.50 bits per heavy atom. The van der Waals surface area contributed by atoms with Gasteiger partial charge in [0, 0.05) is 0 Å². The number of alkyl halides is 1. The Morgan fingerprint density at radius 3 is 2.67 bits per heavy atom. The zero-order valence-corrected chi connectivity index (χ0v) is 8.07. The molecule has 0 saturated heterocycles. The lowest BCUT2D eigenvalue weighted by Gasteiger charge is -2.04. The van der Waals surface area contributed by atoms with Crippen molar-refractivity contribution in [3.8, 4) is 0 Å². The van der Waals surface area contributed by atoms with Crippen molar-refractivity contribution >= 4 is 17.7 Å². The van der Waals surface area contributed by atoms with E-state index in [0.29, 0.717) is 6.42 Å². The minimum Gasteiger partial charge on any atom is -0.480 e. The van der Waals surface area contributed by atoms with Crippen LogP contribution in [0.1, 0.15) is 26.2 Å². The molecule has 1 N–H and O–H groups in total. The van der Waals surface area contributed by atoms with Gasteiger partial charge in [0.05, 0.1) is 11.9 Å². The molecule has 0 rings (SSSR count). The molecule has 0 spiro atoms. The molecule has 1 unspecified atom stereocenters. The number of halogens is 1. The highest BCUT2D eigenvalue weighted by atomic mass is 32.2. The zero-order valence-electron chi connectivity index (χ0n) is 7.25. The Hall–Kier alpha value is -0.250. The van der Waals surface area contributed by atoms with Crippen LogP contribution in [0.25, 0.3) is 0 Å². The maximum absolute atomic E-state index is 11.6. The summed E-state index contributed by atoms with van der Waals surface area (Å²) in [7, 11) is 0. The predicted molar refractivity (Wildman–Crippen MR) is 49.4 cm³/mol. The van der Waals surface area contributed by atoms with Crippen LogP contribution in [0.15, 0.2) is 0 Å². The largest absolute Gasteiger partial charge is 0.480 e. The second kappa shape index (κ2) is 7.40. The Kier molecular flexibility index (Phi) is 7.25. The van der Waals surface area contributed by atoms with Gasteiger partial charge in [0.15, 0.2) is 0 Å². The van der Waals surface area contributed by atoms with E-state index in [1.165, 1.54) is 11.8 Å². The standard InChI is InChI=1S/C8H15FO2S/c1-7(8(10)11)12-6-4-2-3-5-9/h7H,2-6H2,1H3,(H,10,11). The normalized spacial score (nSPS) is 12.8. The summed E-state index contributed by atoms with van der Waals surface area (Å²) in [6, 6.07) is 0. The Morgan fingerprint density at radius 2 is 2.17 bits per heavy atom. The molecule has 0 heterocycles. The lowest BCUT2D eigenvalue weighted by atomic mass is 10.3. The molecule has 0 aromatic heterocycles. The topological polar surface area (TPSA) is 37.3 Å². The van der Waals surface area contributed by atoms with Crippen LogP contribution in [-0.4, -0.2) is 28.8 Å². The second-order valence-electron chi connectivity index (χ2n) is 2.60. The minimum atomic E-state index is -0.773. The molecule has 1 atom stereocenters. The number of unbranched alkanes of at least 4 members (excludes halogenated alkanes) is 2. The fraction of sp³-hybridized carbons (Fsp3) is 0.875. The summed E-state index contributed by atoms with van der Waals surface area (Å²) in [6.45, 7) is 1.40. The van der Waals surface area contributed by atoms with Gasteiger partial charge in [-0.2, -0.15) is 0 Å². The molecule has 0 aliphatic rings. The van der Waals surface area contributed by atoms with E-state index >= 15 is 0 Å². The van der Waals surface area contributed by atoms with Crippen molar-refractivity contribution in [2.24, 2.45) is 0 Å². The maximum atomic E-state index is 11.6. The van der Waals surface area contributed by atoms with Crippen LogP contribution in [0.5, 0.6) is 0 Å². The molecule has 0 radical (unpaired) electrons. The second-order valence-corrected chi connectivity index (χ2v) is 4.05. The van der Waals surface area contributed by atoms with Crippen LogP contribution in [-0.2, 0) is 4.79 Å². The summed E-state index contributed by atoms with van der Waals surface area (Å²) in [4.78, 5) is 10.3. The third kappa shape index (κ3) is 6.46. The summed E-state index contributed by atoms with van der Waals surface area (Å²) >= 11 is 1.41. The van der Waals surface area contributed by atoms with Crippen molar-refractivity contribution in [1.82, 2.24) is 0 Å². The summed E-state index contributed by atoms with van der Waals surface area (Å²) in [5.41, 5.74) is 0. The van der Waals surface area contributed by atoms with Crippen LogP contribution in [0, 0.1) is 0 Å². The summed E-state index contributed by atoms with van der Waals surface area (Å²) < 4.78 is 11.6. The van der Waals surface area contributed by atoms with E-state index in [2.05, 4.69) is 0 Å². The van der Waals surface area contributed by atoms with Crippen molar-refractivity contribution < 1.29 is 14.3 Å². The van der Waals surface area contributed by atoms with E-state index in [1.54, 1.807) is 6.92 Å². The first-order chi connectivity index (χ1) is 5.68. The minimum absolute atomic E-state index is 0.265. The highest BCUT2D eigenvalue weighted by molar-refractivity contribution is 8.00. The van der Waals surface area contributed by atoms with E-state index in [9.17, 15) is 9.18 Å². The first-order valence-corrected chi connectivity index (χ1v) is 5.13. The number of hydrogen-bond acceptors (Lipinski definition) is 2. The van der Waals surface area contributed by atoms with E-state index in [1.807, 2.05) is 0 Å². The summed E-state index contributed by atoms with van der Waals surface area (Å²) in [5, 5.41) is 8.17. The molecule has 0 saturated carbocycles. The van der Waals surface area contributed by atoms with Gasteiger partial charge in [-0.25, -0.2) is 0 Å². The summed E-state index contributed by atoms with van der Waals surface area (Å²) in [5.74, 6) is 0.0403. The van der Waals surface area contributed by atoms with E-state index in [-0.39, 0.29) is 11.9 Å². The number of carbonyl (C=O) groups is 1. The van der Waals surface area contributed by atoms with Gasteiger partial charge in [0.1, 0.15) is 0 Å². The molecular weight excluding hydrogens is 179 g/mol. The van der Waals surface area contributed by atoms with Crippen LogP contribution in [0.3, 0.4) is 0 Å². The average Bonchev–Trinajstić information content (AvgIpc) is 2.03. The Labute approximate surface area is 76.5 Å². The van der Waals surface area contributed by atoms with Crippen molar-refractivity contribution in [2.75, 3.05) is 12.4 Å². The Bertz CT molecular complexity index is 130. The van der Waals surface area contributed by atoms with Gasteiger partial charge in [0.25, 0.3) is 0 Å². The van der Waals surface area contributed by atoms with Crippen molar-refractivity contribution in [1.29, 1.82) is 0 Å². The fourth-order valence-electron chi connectivity index (χ4n) is 0.705. The van der Waals surface area contributed by atoms with E-state index < -0.39 is 5.97 Å². The molecule has 0 amide bonds. The molecule has 4 heteroatoms. The molecule has 0 aromatic rings. The lowest BCUT2D eigenvalue weighted by molar-refractivity contribution is -0.136. The summed E-state index contributed by atoms with van der Waals surface area (Å²) in [6.07, 6.45) is 2.37. The third-order valence-corrected chi connectivity index (χ3v) is 2.72. The quantitative estimate of drug-likeness (QED) is 0.632. The average molecular weight is 194 g/mol. The number of thioether (sulfide) groups is 1. The molecular formula is C8H15FO2S. The first kappa shape index (κ1) is 11.8. The molecule has 0 bridgehead atoms. The molecule has 0 fully saturated rings. The van der Waals surface area contributed by atoms with E-state index in [4.69, 9.17) is 5.11 Å². The Balaban J connectivity index is 3.14. The van der Waals surface area contributed by atoms with Crippen LogP contribution in [0.2, 0.25) is 0 Å². The number of rotatable bonds is 7. The number of aliphatic carboxylic acids is 1. The molecule has 0 aliphatic heterocycles. The first-order valence-electron chi connectivity index (χ1n) is 4.09. The fourth-order valence-corrected chi connectivity index (χ4v) is 1.57. The van der Waals surface area contributed by atoms with Gasteiger partial charge >= 0.3 is 5.97 Å². The zero-order chi connectivity index (χ0) is 9.40. The van der Waals surface area contributed by atoms with Crippen LogP contribution < -0.4 is 0 Å². The molecule has 72 valence electrons. The predicted octanol–water partition coefficient (Wildman–Crippen LogP) is 2.33. The smallest absolute Gasteiger partial charge is 0.316 e. The number of hydrogen-bond donors (Lipinski definition) is 1. The third-order valence-electron chi connectivity index (χ3n) is 1.49. The van der Waals surface area contributed by atoms with Gasteiger partial charge in [-0.05, 0) is 25.5 Å². The molecule has 0 aliphatic carbocycles. The van der Waals surface area contributed by atoms with Crippen LogP contribution >= 0.6 is 11.8 Å². The highest BCUT2D eigenvalue weighted by Gasteiger charge is 2.09.